The van der Waals surface area contributed by atoms with E-state index in [0.717, 1.165) is 0 Å². The molecule has 0 aliphatic heterocycles. The summed E-state index contributed by atoms with van der Waals surface area (Å²) in [7, 11) is 0. The average molecular weight is 59.0 g/mol. The molecule has 0 spiro atoms. The van der Waals surface area contributed by atoms with Crippen molar-refractivity contribution in [3.05, 3.63) is 0 Å². The van der Waals surface area contributed by atoms with Gasteiger partial charge in [-0.3, -0.25) is 4.79 Å². The summed E-state index contributed by atoms with van der Waals surface area (Å²) in [5.41, 5.74) is 4.17. The number of rotatable bonds is 0. The lowest BCUT2D eigenvalue weighted by molar-refractivity contribution is -0.106. The van der Waals surface area contributed by atoms with Gasteiger partial charge in [-0.2, -0.15) is 0 Å². The molecule has 4 heavy (non-hydrogen) atoms. The largest absolute Gasteiger partial charge is 0.372 e. The standard InChI is InChI=1S/CH3NO.N/c2-1-3;/h1H,(H2,2,3);. The molecule has 3 nitrogen and oxygen atoms in total. The molecule has 0 aliphatic carbocycles. The fourth-order valence-corrected chi connectivity index (χ4v) is 0. The van der Waals surface area contributed by atoms with Crippen molar-refractivity contribution in [2.45, 2.75) is 0 Å². The summed E-state index contributed by atoms with van der Waals surface area (Å²) in [6, 6.07) is 0. The smallest absolute Gasteiger partial charge is 0.204 e. The van der Waals surface area contributed by atoms with Crippen molar-refractivity contribution in [3.63, 3.8) is 0 Å². The lowest BCUT2D eigenvalue weighted by Crippen LogP contribution is -1.82. The van der Waals surface area contributed by atoms with Crippen LogP contribution in [0.25, 0.3) is 0 Å². The minimum Gasteiger partial charge on any atom is -0.372 e. The lowest BCUT2D eigenvalue weighted by Gasteiger charge is -1.32. The molecule has 0 aromatic heterocycles. The van der Waals surface area contributed by atoms with Crippen LogP contribution in [0.3, 0.4) is 0 Å². The molecule has 0 rings (SSSR count). The molecule has 0 aliphatic rings. The average Bonchev–Trinajstić information content (AvgIpc) is 0.918. The van der Waals surface area contributed by atoms with Crippen molar-refractivity contribution in [3.8, 4) is 0 Å². The van der Waals surface area contributed by atoms with E-state index in [0.29, 0.717) is 0 Å². The molecule has 0 aromatic rings. The summed E-state index contributed by atoms with van der Waals surface area (Å²) < 4.78 is 0. The third-order valence-corrected chi connectivity index (χ3v) is 0. The van der Waals surface area contributed by atoms with Crippen LogP contribution < -0.4 is 11.9 Å². The van der Waals surface area contributed by atoms with E-state index >= 15 is 0 Å². The second-order valence-corrected chi connectivity index (χ2v) is 0.136. The number of primary amides is 1. The van der Waals surface area contributed by atoms with Gasteiger partial charge in [-0.1, -0.05) is 0 Å². The molecule has 3 heteroatoms. The zero-order chi connectivity index (χ0) is 2.71. The quantitative estimate of drug-likeness (QED) is 0.343. The van der Waals surface area contributed by atoms with Crippen molar-refractivity contribution >= 4 is 6.41 Å². The molecule has 0 fully saturated rings. The molecule has 0 aromatic carbocycles. The van der Waals surface area contributed by atoms with Crippen LogP contribution in [0.4, 0.5) is 0 Å². The minimum atomic E-state index is 0. The van der Waals surface area contributed by atoms with Crippen LogP contribution in [0, 0.1) is 0 Å². The van der Waals surface area contributed by atoms with Crippen molar-refractivity contribution in [2.75, 3.05) is 0 Å². The Balaban J connectivity index is 0. The number of hydrogen-bond acceptors (Lipinski definition) is 1. The van der Waals surface area contributed by atoms with E-state index in [9.17, 15) is 0 Å². The Hall–Kier alpha value is -0.570. The van der Waals surface area contributed by atoms with Crippen LogP contribution in [0.1, 0.15) is 0 Å². The molecule has 0 saturated heterocycles. The fraction of sp³-hybridized carbons (Fsp3) is 0. The maximum Gasteiger partial charge on any atom is 0.204 e. The summed E-state index contributed by atoms with van der Waals surface area (Å²) in [5.74, 6) is 0. The van der Waals surface area contributed by atoms with E-state index in [1.54, 1.807) is 0 Å². The van der Waals surface area contributed by atoms with Gasteiger partial charge in [-0.25, -0.2) is 0 Å². The van der Waals surface area contributed by atoms with Gasteiger partial charge in [0.25, 0.3) is 0 Å². The number of carbonyl (C=O) groups is 1. The topological polar surface area (TPSA) is 73.6 Å². The van der Waals surface area contributed by atoms with Gasteiger partial charge in [0.15, 0.2) is 0 Å². The maximum absolute atomic E-state index is 8.58. The number of nitrogens with zero attached hydrogens (tertiary/aromatic N) is 1. The van der Waals surface area contributed by atoms with Crippen molar-refractivity contribution < 1.29 is 4.79 Å². The first kappa shape index (κ1) is 9.90. The van der Waals surface area contributed by atoms with Gasteiger partial charge in [0.05, 0.1) is 0 Å². The third-order valence-electron chi connectivity index (χ3n) is 0. The number of amides is 1. The van der Waals surface area contributed by atoms with Gasteiger partial charge >= 0.3 is 0 Å². The van der Waals surface area contributed by atoms with Crippen LogP contribution in [-0.2, 0) is 4.79 Å². The van der Waals surface area contributed by atoms with E-state index in [1.807, 2.05) is 0 Å². The molecule has 0 atom stereocenters. The monoisotopic (exact) mass is 59.0 g/mol. The van der Waals surface area contributed by atoms with Gasteiger partial charge < -0.3 is 5.73 Å². The van der Waals surface area contributed by atoms with Crippen LogP contribution in [0.5, 0.6) is 0 Å². The molecule has 23 valence electrons. The Morgan fingerprint density at radius 3 is 1.75 bits per heavy atom. The molecule has 1 amide bonds. The number of nitrogens with two attached hydrogens (primary N) is 1. The Labute approximate surface area is 24.4 Å². The summed E-state index contributed by atoms with van der Waals surface area (Å²) in [6.07, 6.45) is 0.250. The van der Waals surface area contributed by atoms with Gasteiger partial charge in [0.1, 0.15) is 0 Å². The SMILES string of the molecule is NC=O.[N]. The minimum absolute atomic E-state index is 0. The van der Waals surface area contributed by atoms with Gasteiger partial charge in [-0.05, 0) is 0 Å². The van der Waals surface area contributed by atoms with Gasteiger partial charge in [0, 0.05) is 6.15 Å². The summed E-state index contributed by atoms with van der Waals surface area (Å²) in [5, 5.41) is 0. The Morgan fingerprint density at radius 2 is 1.75 bits per heavy atom. The molecule has 0 bridgehead atoms. The Bertz CT molecular complexity index is 13.5. The van der Waals surface area contributed by atoms with Crippen LogP contribution in [-0.4, -0.2) is 6.41 Å². The first-order valence-electron chi connectivity index (χ1n) is 0.569. The molecule has 3 radical (unpaired) electrons. The summed E-state index contributed by atoms with van der Waals surface area (Å²) in [4.78, 5) is 8.58. The van der Waals surface area contributed by atoms with E-state index in [1.165, 1.54) is 0 Å². The van der Waals surface area contributed by atoms with E-state index in [2.05, 4.69) is 5.73 Å². The molecular weight excluding hydrogens is 56.0 g/mol. The molecule has 0 heterocycles. The third kappa shape index (κ3) is 0.814. The second-order valence-electron chi connectivity index (χ2n) is 0.136. The van der Waals surface area contributed by atoms with E-state index < -0.39 is 0 Å². The zero-order valence-corrected chi connectivity index (χ0v) is 2.01. The Morgan fingerprint density at radius 1 is 1.75 bits per heavy atom. The maximum atomic E-state index is 8.58. The van der Waals surface area contributed by atoms with Crippen molar-refractivity contribution in [1.82, 2.24) is 6.15 Å². The lowest BCUT2D eigenvalue weighted by atomic mass is 11.5. The normalized spacial score (nSPS) is 3.00. The van der Waals surface area contributed by atoms with Crippen molar-refractivity contribution in [1.29, 1.82) is 0 Å². The molecule has 0 saturated carbocycles. The van der Waals surface area contributed by atoms with E-state index in [-0.39, 0.29) is 12.6 Å². The molecular formula is CH3N2O. The predicted octanol–water partition coefficient (Wildman–Crippen LogP) is -1.38. The van der Waals surface area contributed by atoms with Crippen LogP contribution in [0.2, 0.25) is 0 Å². The number of carbonyl (C=O) groups excluding carboxylic acids is 1. The highest BCUT2D eigenvalue weighted by molar-refractivity contribution is 5.42. The first-order chi connectivity index (χ1) is 1.41. The highest BCUT2D eigenvalue weighted by Gasteiger charge is 1.19. The highest BCUT2D eigenvalue weighted by atomic mass is 16.1. The summed E-state index contributed by atoms with van der Waals surface area (Å²) in [6.45, 7) is 0. The Kier molecular flexibility index (Phi) is 66.5. The first-order valence-corrected chi connectivity index (χ1v) is 0.569. The number of hydrogen-bond donors (Lipinski definition) is 1. The van der Waals surface area contributed by atoms with E-state index in [4.69, 9.17) is 4.79 Å². The zero-order valence-electron chi connectivity index (χ0n) is 2.01. The van der Waals surface area contributed by atoms with Crippen LogP contribution in [0.15, 0.2) is 0 Å². The summed E-state index contributed by atoms with van der Waals surface area (Å²) >= 11 is 0. The van der Waals surface area contributed by atoms with Gasteiger partial charge in [0.2, 0.25) is 6.41 Å². The highest BCUT2D eigenvalue weighted by Crippen LogP contribution is 0.798. The fourth-order valence-electron chi connectivity index (χ4n) is 0. The molecule has 2 N–H and O–H groups in total. The van der Waals surface area contributed by atoms with Crippen LogP contribution >= 0.6 is 0 Å². The molecule has 0 unspecified atom stereocenters. The predicted molar refractivity (Wildman–Crippen MR) is 12.4 cm³/mol. The van der Waals surface area contributed by atoms with Crippen molar-refractivity contribution in [2.24, 2.45) is 5.73 Å². The second kappa shape index (κ2) is 26.9. The van der Waals surface area contributed by atoms with Gasteiger partial charge in [-0.15, -0.1) is 0 Å².